The highest BCUT2D eigenvalue weighted by molar-refractivity contribution is 6.35. The number of benzene rings is 4. The molecule has 4 aromatic rings. The van der Waals surface area contributed by atoms with Crippen LogP contribution < -0.4 is 10.1 Å². The Kier molecular flexibility index (Phi) is 7.36. The maximum atomic E-state index is 12.8. The summed E-state index contributed by atoms with van der Waals surface area (Å²) in [6.45, 7) is 0.292. The lowest BCUT2D eigenvalue weighted by Crippen LogP contribution is -2.42. The zero-order valence-corrected chi connectivity index (χ0v) is 19.5. The lowest BCUT2D eigenvalue weighted by molar-refractivity contribution is -0.139. The van der Waals surface area contributed by atoms with Gasteiger partial charge in [-0.3, -0.25) is 4.79 Å². The Labute approximate surface area is 206 Å². The van der Waals surface area contributed by atoms with E-state index < -0.39 is 17.9 Å². The summed E-state index contributed by atoms with van der Waals surface area (Å²) in [4.78, 5) is 24.4. The number of halogens is 2. The molecule has 0 aliphatic heterocycles. The summed E-state index contributed by atoms with van der Waals surface area (Å²) in [6.07, 6.45) is 0.202. The molecule has 0 saturated heterocycles. The molecule has 0 spiro atoms. The molecule has 7 heteroatoms. The van der Waals surface area contributed by atoms with Gasteiger partial charge in [-0.1, -0.05) is 71.7 Å². The van der Waals surface area contributed by atoms with E-state index in [4.69, 9.17) is 27.9 Å². The van der Waals surface area contributed by atoms with Gasteiger partial charge in [-0.05, 0) is 52.7 Å². The third-order valence-corrected chi connectivity index (χ3v) is 5.96. The summed E-state index contributed by atoms with van der Waals surface area (Å²) in [6, 6.07) is 24.1. The summed E-state index contributed by atoms with van der Waals surface area (Å²) in [5.41, 5.74) is 2.04. The molecule has 0 radical (unpaired) electrons. The van der Waals surface area contributed by atoms with Crippen LogP contribution in [0.4, 0.5) is 0 Å². The van der Waals surface area contributed by atoms with Crippen LogP contribution in [0.25, 0.3) is 10.8 Å². The van der Waals surface area contributed by atoms with E-state index in [0.29, 0.717) is 28.0 Å². The van der Waals surface area contributed by atoms with Gasteiger partial charge in [-0.25, -0.2) is 4.79 Å². The van der Waals surface area contributed by atoms with Crippen LogP contribution in [0, 0.1) is 0 Å². The van der Waals surface area contributed by atoms with Crippen molar-refractivity contribution in [3.8, 4) is 5.75 Å². The second kappa shape index (κ2) is 10.6. The molecule has 4 rings (SSSR count). The maximum Gasteiger partial charge on any atom is 0.326 e. The molecule has 34 heavy (non-hydrogen) atoms. The summed E-state index contributed by atoms with van der Waals surface area (Å²) in [5.74, 6) is -0.868. The van der Waals surface area contributed by atoms with Crippen molar-refractivity contribution in [1.82, 2.24) is 5.32 Å². The van der Waals surface area contributed by atoms with Crippen LogP contribution in [-0.4, -0.2) is 23.0 Å². The Bertz CT molecular complexity index is 1340. The molecule has 0 aliphatic carbocycles. The second-order valence-corrected chi connectivity index (χ2v) is 8.65. The summed E-state index contributed by atoms with van der Waals surface area (Å²) < 4.78 is 5.86. The molecular weight excluding hydrogens is 473 g/mol. The quantitative estimate of drug-likeness (QED) is 0.308. The standard InChI is InChI=1S/C27H21Cl2NO4/c28-22-10-8-21(24(29)15-22)16-34-23-11-9-18-13-20(7-6-19(18)14-23)26(31)30-25(27(32)33)12-17-4-2-1-3-5-17/h1-11,13-15,25H,12,16H2,(H,30,31)(H,32,33). The molecule has 0 bridgehead atoms. The number of carboxylic acids is 1. The molecule has 0 fully saturated rings. The van der Waals surface area contributed by atoms with Crippen LogP contribution >= 0.6 is 23.2 Å². The number of aliphatic carboxylic acids is 1. The van der Waals surface area contributed by atoms with Gasteiger partial charge in [0.25, 0.3) is 5.91 Å². The van der Waals surface area contributed by atoms with Gasteiger partial charge in [0, 0.05) is 27.6 Å². The van der Waals surface area contributed by atoms with Gasteiger partial charge in [0.05, 0.1) is 0 Å². The van der Waals surface area contributed by atoms with Gasteiger partial charge in [-0.15, -0.1) is 0 Å². The second-order valence-electron chi connectivity index (χ2n) is 7.80. The average Bonchev–Trinajstić information content (AvgIpc) is 2.83. The summed E-state index contributed by atoms with van der Waals surface area (Å²) in [7, 11) is 0. The van der Waals surface area contributed by atoms with Gasteiger partial charge in [0.2, 0.25) is 0 Å². The van der Waals surface area contributed by atoms with E-state index in [1.165, 1.54) is 0 Å². The summed E-state index contributed by atoms with van der Waals surface area (Å²) in [5, 5.41) is 15.0. The number of hydrogen-bond acceptors (Lipinski definition) is 3. The highest BCUT2D eigenvalue weighted by Crippen LogP contribution is 2.25. The Morgan fingerprint density at radius 2 is 1.62 bits per heavy atom. The van der Waals surface area contributed by atoms with E-state index in [1.54, 1.807) is 30.3 Å². The van der Waals surface area contributed by atoms with Gasteiger partial charge in [0.15, 0.2) is 0 Å². The maximum absolute atomic E-state index is 12.8. The first-order chi connectivity index (χ1) is 16.4. The van der Waals surface area contributed by atoms with E-state index >= 15 is 0 Å². The fourth-order valence-electron chi connectivity index (χ4n) is 3.55. The minimum absolute atomic E-state index is 0.202. The first-order valence-corrected chi connectivity index (χ1v) is 11.3. The normalized spacial score (nSPS) is 11.7. The van der Waals surface area contributed by atoms with Crippen LogP contribution in [-0.2, 0) is 17.8 Å². The molecule has 172 valence electrons. The topological polar surface area (TPSA) is 75.6 Å². The van der Waals surface area contributed by atoms with Crippen LogP contribution in [0.15, 0.2) is 84.9 Å². The first kappa shape index (κ1) is 23.6. The van der Waals surface area contributed by atoms with E-state index in [2.05, 4.69) is 5.32 Å². The fraction of sp³-hybridized carbons (Fsp3) is 0.111. The van der Waals surface area contributed by atoms with Gasteiger partial charge >= 0.3 is 5.97 Å². The minimum Gasteiger partial charge on any atom is -0.489 e. The molecular formula is C27H21Cl2NO4. The average molecular weight is 494 g/mol. The molecule has 4 aromatic carbocycles. The van der Waals surface area contributed by atoms with Crippen LogP contribution in [0.1, 0.15) is 21.5 Å². The zero-order valence-electron chi connectivity index (χ0n) is 18.0. The molecule has 0 aromatic heterocycles. The molecule has 2 N–H and O–H groups in total. The van der Waals surface area contributed by atoms with Gasteiger partial charge in [-0.2, -0.15) is 0 Å². The van der Waals surface area contributed by atoms with Crippen molar-refractivity contribution in [3.63, 3.8) is 0 Å². The van der Waals surface area contributed by atoms with Crippen LogP contribution in [0.3, 0.4) is 0 Å². The molecule has 0 saturated carbocycles. The molecule has 0 aliphatic rings. The monoisotopic (exact) mass is 493 g/mol. The number of amides is 1. The van der Waals surface area contributed by atoms with Crippen LogP contribution in [0.5, 0.6) is 5.75 Å². The molecule has 0 heterocycles. The van der Waals surface area contributed by atoms with Gasteiger partial charge in [0.1, 0.15) is 18.4 Å². The molecule has 5 nitrogen and oxygen atoms in total. The Morgan fingerprint density at radius 3 is 2.35 bits per heavy atom. The van der Waals surface area contributed by atoms with Crippen molar-refractivity contribution in [2.45, 2.75) is 19.1 Å². The molecule has 1 atom stereocenters. The zero-order chi connectivity index (χ0) is 24.1. The number of hydrogen-bond donors (Lipinski definition) is 2. The number of nitrogens with one attached hydrogen (secondary N) is 1. The number of carboxylic acid groups (broad SMARTS) is 1. The third-order valence-electron chi connectivity index (χ3n) is 5.37. The molecule has 1 amide bonds. The Morgan fingerprint density at radius 1 is 0.882 bits per heavy atom. The van der Waals surface area contributed by atoms with Crippen LogP contribution in [0.2, 0.25) is 10.0 Å². The SMILES string of the molecule is O=C(NC(Cc1ccccc1)C(=O)O)c1ccc2cc(OCc3ccc(Cl)cc3Cl)ccc2c1. The van der Waals surface area contributed by atoms with Crippen molar-refractivity contribution >= 4 is 45.9 Å². The third kappa shape index (κ3) is 5.87. The van der Waals surface area contributed by atoms with E-state index in [9.17, 15) is 14.7 Å². The Balaban J connectivity index is 1.45. The highest BCUT2D eigenvalue weighted by atomic mass is 35.5. The number of ether oxygens (including phenoxy) is 1. The van der Waals surface area contributed by atoms with Crippen molar-refractivity contribution in [1.29, 1.82) is 0 Å². The largest absolute Gasteiger partial charge is 0.489 e. The number of fused-ring (bicyclic) bond motifs is 1. The van der Waals surface area contributed by atoms with E-state index in [0.717, 1.165) is 21.9 Å². The lowest BCUT2D eigenvalue weighted by Gasteiger charge is -2.15. The van der Waals surface area contributed by atoms with Crippen molar-refractivity contribution in [2.24, 2.45) is 0 Å². The fourth-order valence-corrected chi connectivity index (χ4v) is 4.01. The number of carbonyl (C=O) groups excluding carboxylic acids is 1. The van der Waals surface area contributed by atoms with E-state index in [1.807, 2.05) is 54.6 Å². The first-order valence-electron chi connectivity index (χ1n) is 10.6. The lowest BCUT2D eigenvalue weighted by atomic mass is 10.0. The predicted octanol–water partition coefficient (Wildman–Crippen LogP) is 6.15. The van der Waals surface area contributed by atoms with Crippen molar-refractivity contribution < 1.29 is 19.4 Å². The van der Waals surface area contributed by atoms with E-state index in [-0.39, 0.29) is 6.42 Å². The smallest absolute Gasteiger partial charge is 0.326 e. The minimum atomic E-state index is -1.08. The van der Waals surface area contributed by atoms with Gasteiger partial charge < -0.3 is 15.2 Å². The molecule has 1 unspecified atom stereocenters. The Hall–Kier alpha value is -3.54. The van der Waals surface area contributed by atoms with Crippen molar-refractivity contribution in [3.05, 3.63) is 112 Å². The van der Waals surface area contributed by atoms with Crippen molar-refractivity contribution in [2.75, 3.05) is 0 Å². The number of rotatable bonds is 8. The number of carbonyl (C=O) groups is 2. The predicted molar refractivity (Wildman–Crippen MR) is 134 cm³/mol. The highest BCUT2D eigenvalue weighted by Gasteiger charge is 2.21. The summed E-state index contributed by atoms with van der Waals surface area (Å²) >= 11 is 12.1.